The summed E-state index contributed by atoms with van der Waals surface area (Å²) in [4.78, 5) is 14.9. The molecule has 1 aliphatic heterocycles. The lowest BCUT2D eigenvalue weighted by Crippen LogP contribution is -2.42. The fourth-order valence-electron chi connectivity index (χ4n) is 3.96. The Morgan fingerprint density at radius 3 is 2.58 bits per heavy atom. The van der Waals surface area contributed by atoms with Crippen molar-refractivity contribution in [3.05, 3.63) is 66.0 Å². The lowest BCUT2D eigenvalue weighted by atomic mass is 10.0. The van der Waals surface area contributed by atoms with Gasteiger partial charge >= 0.3 is 0 Å². The molecule has 1 amide bonds. The van der Waals surface area contributed by atoms with Crippen LogP contribution < -0.4 is 4.74 Å². The number of benzene rings is 2. The van der Waals surface area contributed by atoms with E-state index in [0.29, 0.717) is 18.2 Å². The van der Waals surface area contributed by atoms with Gasteiger partial charge in [-0.2, -0.15) is 0 Å². The summed E-state index contributed by atoms with van der Waals surface area (Å²) in [7, 11) is 1.66. The molecule has 1 fully saturated rings. The van der Waals surface area contributed by atoms with E-state index in [9.17, 15) is 4.79 Å². The molecular formula is C24H28N4O2S. The number of nitrogens with zero attached hydrogens (tertiary/aromatic N) is 4. The van der Waals surface area contributed by atoms with Crippen LogP contribution in [0.25, 0.3) is 5.69 Å². The third-order valence-electron chi connectivity index (χ3n) is 5.68. The standard InChI is InChI=1S/C24H28N4O2S/c1-18-8-6-7-15-27(18)23(29)17-31-24-26-25-22(16-19-9-4-3-5-10-19)28(24)20-11-13-21(30-2)14-12-20/h3-5,9-14,18H,6-8,15-17H2,1-2H3/t18-/m1/s1. The van der Waals surface area contributed by atoms with Gasteiger partial charge in [0.25, 0.3) is 0 Å². The molecule has 1 aromatic heterocycles. The summed E-state index contributed by atoms with van der Waals surface area (Å²) in [5.41, 5.74) is 2.12. The molecular weight excluding hydrogens is 408 g/mol. The zero-order chi connectivity index (χ0) is 21.6. The number of rotatable bonds is 7. The summed E-state index contributed by atoms with van der Waals surface area (Å²) < 4.78 is 7.35. The number of hydrogen-bond acceptors (Lipinski definition) is 5. The van der Waals surface area contributed by atoms with Crippen LogP contribution in [0.5, 0.6) is 5.75 Å². The summed E-state index contributed by atoms with van der Waals surface area (Å²) in [5, 5.41) is 9.64. The number of methoxy groups -OCH3 is 1. The van der Waals surface area contributed by atoms with Crippen LogP contribution in [0.15, 0.2) is 59.8 Å². The summed E-state index contributed by atoms with van der Waals surface area (Å²) in [5.74, 6) is 2.18. The van der Waals surface area contributed by atoms with E-state index in [0.717, 1.165) is 41.8 Å². The normalized spacial score (nSPS) is 16.3. The highest BCUT2D eigenvalue weighted by Crippen LogP contribution is 2.26. The summed E-state index contributed by atoms with van der Waals surface area (Å²) >= 11 is 1.45. The van der Waals surface area contributed by atoms with Gasteiger partial charge in [0, 0.05) is 24.7 Å². The van der Waals surface area contributed by atoms with Crippen LogP contribution in [0, 0.1) is 0 Å². The highest BCUT2D eigenvalue weighted by molar-refractivity contribution is 7.99. The first kappa shape index (κ1) is 21.4. The van der Waals surface area contributed by atoms with Crippen LogP contribution in [0.3, 0.4) is 0 Å². The number of thioether (sulfide) groups is 1. The SMILES string of the molecule is COc1ccc(-n2c(Cc3ccccc3)nnc2SCC(=O)N2CCCC[C@H]2C)cc1. The van der Waals surface area contributed by atoms with Gasteiger partial charge in [0.15, 0.2) is 5.16 Å². The van der Waals surface area contributed by atoms with Crippen molar-refractivity contribution in [2.45, 2.75) is 43.8 Å². The van der Waals surface area contributed by atoms with Crippen molar-refractivity contribution in [3.63, 3.8) is 0 Å². The second kappa shape index (κ2) is 10.0. The second-order valence-electron chi connectivity index (χ2n) is 7.82. The molecule has 0 unspecified atom stereocenters. The second-order valence-corrected chi connectivity index (χ2v) is 8.76. The monoisotopic (exact) mass is 436 g/mol. The molecule has 0 saturated carbocycles. The molecule has 2 aromatic carbocycles. The summed E-state index contributed by atoms with van der Waals surface area (Å²) in [6.07, 6.45) is 4.04. The van der Waals surface area contributed by atoms with Crippen LogP contribution in [-0.2, 0) is 11.2 Å². The zero-order valence-electron chi connectivity index (χ0n) is 18.0. The van der Waals surface area contributed by atoms with Crippen LogP contribution in [0.2, 0.25) is 0 Å². The van der Waals surface area contributed by atoms with E-state index in [-0.39, 0.29) is 5.91 Å². The van der Waals surface area contributed by atoms with Gasteiger partial charge in [-0.05, 0) is 56.0 Å². The number of likely N-dealkylation sites (tertiary alicyclic amines) is 1. The van der Waals surface area contributed by atoms with Crippen LogP contribution in [-0.4, -0.2) is 51.0 Å². The quantitative estimate of drug-likeness (QED) is 0.515. The highest BCUT2D eigenvalue weighted by atomic mass is 32.2. The number of carbonyl (C=O) groups is 1. The van der Waals surface area contributed by atoms with Gasteiger partial charge in [0.2, 0.25) is 5.91 Å². The summed E-state index contributed by atoms with van der Waals surface area (Å²) in [6.45, 7) is 2.99. The van der Waals surface area contributed by atoms with E-state index in [4.69, 9.17) is 4.74 Å². The van der Waals surface area contributed by atoms with Crippen molar-refractivity contribution in [2.75, 3.05) is 19.4 Å². The minimum Gasteiger partial charge on any atom is -0.497 e. The van der Waals surface area contributed by atoms with Crippen LogP contribution >= 0.6 is 11.8 Å². The third kappa shape index (κ3) is 5.10. The molecule has 7 heteroatoms. The van der Waals surface area contributed by atoms with Crippen LogP contribution in [0.1, 0.15) is 37.6 Å². The predicted molar refractivity (Wildman–Crippen MR) is 123 cm³/mol. The third-order valence-corrected chi connectivity index (χ3v) is 6.60. The number of hydrogen-bond donors (Lipinski definition) is 0. The molecule has 0 spiro atoms. The van der Waals surface area contributed by atoms with Gasteiger partial charge in [-0.15, -0.1) is 10.2 Å². The Balaban J connectivity index is 1.58. The first-order valence-electron chi connectivity index (χ1n) is 10.7. The van der Waals surface area contributed by atoms with Crippen molar-refractivity contribution in [1.82, 2.24) is 19.7 Å². The Bertz CT molecular complexity index is 1000. The minimum atomic E-state index is 0.172. The number of carbonyl (C=O) groups excluding carboxylic acids is 1. The maximum Gasteiger partial charge on any atom is 0.233 e. The molecule has 162 valence electrons. The fourth-order valence-corrected chi connectivity index (χ4v) is 4.81. The van der Waals surface area contributed by atoms with Gasteiger partial charge in [-0.3, -0.25) is 9.36 Å². The van der Waals surface area contributed by atoms with E-state index >= 15 is 0 Å². The molecule has 0 radical (unpaired) electrons. The number of piperidine rings is 1. The Hall–Kier alpha value is -2.80. The molecule has 31 heavy (non-hydrogen) atoms. The van der Waals surface area contributed by atoms with Crippen molar-refractivity contribution in [3.8, 4) is 11.4 Å². The van der Waals surface area contributed by atoms with Crippen molar-refractivity contribution in [2.24, 2.45) is 0 Å². The lowest BCUT2D eigenvalue weighted by Gasteiger charge is -2.33. The molecule has 1 atom stereocenters. The molecule has 4 rings (SSSR count). The van der Waals surface area contributed by atoms with E-state index in [1.807, 2.05) is 51.9 Å². The highest BCUT2D eigenvalue weighted by Gasteiger charge is 2.24. The van der Waals surface area contributed by atoms with Gasteiger partial charge in [-0.1, -0.05) is 42.1 Å². The Labute approximate surface area is 187 Å². The summed E-state index contributed by atoms with van der Waals surface area (Å²) in [6, 6.07) is 18.4. The Morgan fingerprint density at radius 2 is 1.87 bits per heavy atom. The largest absolute Gasteiger partial charge is 0.497 e. The van der Waals surface area contributed by atoms with Crippen molar-refractivity contribution < 1.29 is 9.53 Å². The molecule has 0 bridgehead atoms. The van der Waals surface area contributed by atoms with E-state index in [2.05, 4.69) is 29.3 Å². The number of aromatic nitrogens is 3. The van der Waals surface area contributed by atoms with Crippen LogP contribution in [0.4, 0.5) is 0 Å². The topological polar surface area (TPSA) is 60.2 Å². The zero-order valence-corrected chi connectivity index (χ0v) is 18.8. The first-order chi connectivity index (χ1) is 15.2. The van der Waals surface area contributed by atoms with E-state index in [1.165, 1.54) is 23.7 Å². The molecule has 6 nitrogen and oxygen atoms in total. The minimum absolute atomic E-state index is 0.172. The molecule has 2 heterocycles. The smallest absolute Gasteiger partial charge is 0.233 e. The lowest BCUT2D eigenvalue weighted by molar-refractivity contribution is -0.131. The molecule has 1 aliphatic rings. The molecule has 1 saturated heterocycles. The predicted octanol–water partition coefficient (Wildman–Crippen LogP) is 4.36. The number of ether oxygens (including phenoxy) is 1. The van der Waals surface area contributed by atoms with E-state index < -0.39 is 0 Å². The van der Waals surface area contributed by atoms with E-state index in [1.54, 1.807) is 7.11 Å². The fraction of sp³-hybridized carbons (Fsp3) is 0.375. The molecule has 0 aliphatic carbocycles. The van der Waals surface area contributed by atoms with Crippen molar-refractivity contribution >= 4 is 17.7 Å². The van der Waals surface area contributed by atoms with Gasteiger partial charge in [-0.25, -0.2) is 0 Å². The maximum absolute atomic E-state index is 12.8. The Morgan fingerprint density at radius 1 is 1.10 bits per heavy atom. The number of amides is 1. The molecule has 0 N–H and O–H groups in total. The average Bonchev–Trinajstić information content (AvgIpc) is 3.20. The van der Waals surface area contributed by atoms with Gasteiger partial charge in [0.05, 0.1) is 12.9 Å². The molecule has 3 aromatic rings. The van der Waals surface area contributed by atoms with Gasteiger partial charge in [0.1, 0.15) is 11.6 Å². The Kier molecular flexibility index (Phi) is 6.92. The first-order valence-corrected chi connectivity index (χ1v) is 11.7. The van der Waals surface area contributed by atoms with Gasteiger partial charge < -0.3 is 9.64 Å². The maximum atomic E-state index is 12.8. The average molecular weight is 437 g/mol. The van der Waals surface area contributed by atoms with Crippen molar-refractivity contribution in [1.29, 1.82) is 0 Å².